The summed E-state index contributed by atoms with van der Waals surface area (Å²) in [7, 11) is -2.65. The summed E-state index contributed by atoms with van der Waals surface area (Å²) in [6, 6.07) is 0. The third kappa shape index (κ3) is 6.40. The summed E-state index contributed by atoms with van der Waals surface area (Å²) in [5.74, 6) is 0. The van der Waals surface area contributed by atoms with Gasteiger partial charge in [0.15, 0.2) is 0 Å². The Morgan fingerprint density at radius 2 is 1.57 bits per heavy atom. The van der Waals surface area contributed by atoms with Gasteiger partial charge in [-0.1, -0.05) is 9.05 Å². The Labute approximate surface area is 50.8 Å². The summed E-state index contributed by atoms with van der Waals surface area (Å²) in [5.41, 5.74) is 0. The number of hydrogen-bond donors (Lipinski definition) is 0. The quantitative estimate of drug-likeness (QED) is 0.336. The van der Waals surface area contributed by atoms with Crippen LogP contribution in [0.25, 0.3) is 0 Å². The number of rotatable bonds is 2. The van der Waals surface area contributed by atoms with Crippen LogP contribution < -0.4 is 23.9 Å². The minimum Gasteiger partial charge on any atom is -0.827 e. The zero-order valence-electron chi connectivity index (χ0n) is 3.56. The van der Waals surface area contributed by atoms with Gasteiger partial charge in [0.2, 0.25) is 0 Å². The Bertz CT molecular complexity index is 32.1. The van der Waals surface area contributed by atoms with Crippen molar-refractivity contribution in [3.63, 3.8) is 0 Å². The average Bonchev–Trinajstić information content (AvgIpc) is 1.65. The second-order valence-electron chi connectivity index (χ2n) is 0.467. The Balaban J connectivity index is 0. The molecule has 0 saturated heterocycles. The molecule has 0 bridgehead atoms. The van der Waals surface area contributed by atoms with Gasteiger partial charge in [-0.2, -0.15) is 0 Å². The van der Waals surface area contributed by atoms with Gasteiger partial charge in [0, 0.05) is 0 Å². The summed E-state index contributed by atoms with van der Waals surface area (Å²) in [4.78, 5) is 4.49. The molecule has 7 heavy (non-hydrogen) atoms. The van der Waals surface area contributed by atoms with Gasteiger partial charge in [0.25, 0.3) is 0 Å². The van der Waals surface area contributed by atoms with Crippen LogP contribution in [0.3, 0.4) is 0 Å². The van der Waals surface area contributed by atoms with E-state index in [2.05, 4.69) is 9.72 Å². The van der Waals surface area contributed by atoms with Crippen molar-refractivity contribution in [1.82, 2.24) is 0 Å². The van der Waals surface area contributed by atoms with E-state index in [0.717, 1.165) is 0 Å². The first kappa shape index (κ1) is 10.4. The zero-order valence-corrected chi connectivity index (χ0v) is 3.56. The molecular formula is BF2LiO3. The fourth-order valence-electron chi connectivity index (χ4n) is 0.0137. The Kier molecular flexibility index (Phi) is 9.51. The van der Waals surface area contributed by atoms with Gasteiger partial charge in [0.1, 0.15) is 0 Å². The third-order valence-electron chi connectivity index (χ3n) is 0.145. The van der Waals surface area contributed by atoms with Crippen molar-refractivity contribution in [3.8, 4) is 0 Å². The van der Waals surface area contributed by atoms with Crippen LogP contribution >= 0.6 is 0 Å². The minimum absolute atomic E-state index is 0. The van der Waals surface area contributed by atoms with E-state index in [1.807, 2.05) is 0 Å². The van der Waals surface area contributed by atoms with Crippen LogP contribution in [0.1, 0.15) is 0 Å². The Morgan fingerprint density at radius 3 is 1.57 bits per heavy atom. The van der Waals surface area contributed by atoms with Crippen molar-refractivity contribution >= 4 is 7.32 Å². The van der Waals surface area contributed by atoms with Crippen LogP contribution in [0.5, 0.6) is 0 Å². The molecule has 3 nitrogen and oxygen atoms in total. The predicted octanol–water partition coefficient (Wildman–Crippen LogP) is -3.86. The second-order valence-corrected chi connectivity index (χ2v) is 0.467. The summed E-state index contributed by atoms with van der Waals surface area (Å²) in [6.45, 7) is 0. The van der Waals surface area contributed by atoms with E-state index in [0.29, 0.717) is 0 Å². The third-order valence-corrected chi connectivity index (χ3v) is 0.145. The van der Waals surface area contributed by atoms with E-state index in [1.165, 1.54) is 0 Å². The summed E-state index contributed by atoms with van der Waals surface area (Å²) in [5, 5.41) is 9.07. The maximum absolute atomic E-state index is 10.2. The number of hydrogen-bond acceptors (Lipinski definition) is 3. The first-order chi connectivity index (χ1) is 2.81. The van der Waals surface area contributed by atoms with E-state index in [-0.39, 0.29) is 18.9 Å². The molecular weight excluding hydrogens is 104 g/mol. The van der Waals surface area contributed by atoms with Crippen molar-refractivity contribution in [3.05, 3.63) is 0 Å². The van der Waals surface area contributed by atoms with E-state index < -0.39 is 7.32 Å². The maximum atomic E-state index is 10.2. The number of halogens is 2. The molecule has 0 unspecified atom stereocenters. The van der Waals surface area contributed by atoms with Gasteiger partial charge < -0.3 is 5.02 Å². The molecule has 0 spiro atoms. The van der Waals surface area contributed by atoms with Crippen molar-refractivity contribution in [1.29, 1.82) is 0 Å². The summed E-state index contributed by atoms with van der Waals surface area (Å²) in [6.07, 6.45) is 0. The molecule has 0 aromatic heterocycles. The minimum atomic E-state index is -2.65. The fourth-order valence-corrected chi connectivity index (χ4v) is 0.0137. The summed E-state index contributed by atoms with van der Waals surface area (Å²) >= 11 is 0. The van der Waals surface area contributed by atoms with Crippen LogP contribution in [0, 0.1) is 0 Å². The molecule has 0 N–H and O–H groups in total. The molecule has 36 valence electrons. The molecule has 0 aliphatic heterocycles. The van der Waals surface area contributed by atoms with Crippen LogP contribution in [0.15, 0.2) is 0 Å². The molecule has 0 aliphatic rings. The van der Waals surface area contributed by atoms with Gasteiger partial charge in [-0.15, -0.1) is 0 Å². The van der Waals surface area contributed by atoms with Gasteiger partial charge >= 0.3 is 26.2 Å². The van der Waals surface area contributed by atoms with E-state index in [9.17, 15) is 9.05 Å². The predicted molar refractivity (Wildman–Crippen MR) is 10.1 cm³/mol. The summed E-state index contributed by atoms with van der Waals surface area (Å²) < 4.78 is 20.4. The van der Waals surface area contributed by atoms with Crippen LogP contribution in [0.4, 0.5) is 9.05 Å². The molecule has 0 fully saturated rings. The molecule has 0 radical (unpaired) electrons. The van der Waals surface area contributed by atoms with Gasteiger partial charge in [-0.05, 0) is 0 Å². The molecule has 0 aromatic rings. The van der Waals surface area contributed by atoms with Gasteiger partial charge in [0.05, 0.1) is 0 Å². The normalized spacial score (nSPS) is 7.29. The first-order valence-electron chi connectivity index (χ1n) is 1.02. The molecule has 0 aromatic carbocycles. The van der Waals surface area contributed by atoms with Gasteiger partial charge in [-0.3, -0.25) is 0 Å². The Hall–Kier alpha value is 0.402. The molecule has 0 amide bonds. The standard InChI is InChI=1S/BF2O3.Li/c2-5-1(4)6-3;/q-1;+1. The maximum Gasteiger partial charge on any atom is 1.00 e. The van der Waals surface area contributed by atoms with Crippen molar-refractivity contribution in [2.24, 2.45) is 0 Å². The monoisotopic (exact) mass is 104 g/mol. The molecule has 7 heteroatoms. The topological polar surface area (TPSA) is 41.5 Å². The van der Waals surface area contributed by atoms with E-state index in [4.69, 9.17) is 5.02 Å². The molecule has 0 saturated carbocycles. The zero-order chi connectivity index (χ0) is 4.99. The smallest absolute Gasteiger partial charge is 0.827 e. The Morgan fingerprint density at radius 1 is 1.29 bits per heavy atom. The second kappa shape index (κ2) is 6.40. The van der Waals surface area contributed by atoms with E-state index in [1.54, 1.807) is 0 Å². The van der Waals surface area contributed by atoms with Gasteiger partial charge in [-0.25, -0.2) is 9.72 Å². The average molecular weight is 104 g/mol. The van der Waals surface area contributed by atoms with Crippen molar-refractivity contribution in [2.45, 2.75) is 0 Å². The van der Waals surface area contributed by atoms with Crippen LogP contribution in [0.2, 0.25) is 0 Å². The largest absolute Gasteiger partial charge is 1.00 e. The van der Waals surface area contributed by atoms with E-state index >= 15 is 0 Å². The SMILES string of the molecule is [Li+].[O-]B(OF)OF. The molecule has 0 aliphatic carbocycles. The molecule has 0 heterocycles. The van der Waals surface area contributed by atoms with Crippen molar-refractivity contribution in [2.75, 3.05) is 0 Å². The fraction of sp³-hybridized carbons (Fsp3) is 0. The van der Waals surface area contributed by atoms with Crippen molar-refractivity contribution < 1.29 is 42.7 Å². The first-order valence-corrected chi connectivity index (χ1v) is 1.02. The molecule has 0 rings (SSSR count). The van der Waals surface area contributed by atoms with Crippen LogP contribution in [-0.4, -0.2) is 7.32 Å². The van der Waals surface area contributed by atoms with Crippen LogP contribution in [-0.2, 0) is 9.72 Å². The molecule has 0 atom stereocenters.